The molecule has 4 heteroatoms. The number of anilines is 1. The summed E-state index contributed by atoms with van der Waals surface area (Å²) in [6, 6.07) is 10.6. The molecular weight excluding hydrogens is 276 g/mol. The molecule has 1 amide bonds. The number of hydrogen-bond acceptors (Lipinski definition) is 3. The minimum atomic E-state index is 0.147. The smallest absolute Gasteiger partial charge is 0.242 e. The standard InChI is InChI=1S/C18H28N2O2/c1-15-8-6-9-16(2)20(15)18(22)14-19(12-7-13-21)17-10-4-3-5-11-17/h3-5,10-11,15-16,21H,6-9,12-14H2,1-2H3. The summed E-state index contributed by atoms with van der Waals surface area (Å²) in [5.41, 5.74) is 1.04. The van der Waals surface area contributed by atoms with Gasteiger partial charge in [-0.3, -0.25) is 4.79 Å². The molecule has 1 aliphatic rings. The van der Waals surface area contributed by atoms with Crippen LogP contribution in [0.25, 0.3) is 0 Å². The van der Waals surface area contributed by atoms with Gasteiger partial charge in [0, 0.05) is 30.9 Å². The van der Waals surface area contributed by atoms with Gasteiger partial charge in [-0.05, 0) is 51.7 Å². The first kappa shape index (κ1) is 16.8. The second-order valence-electron chi connectivity index (χ2n) is 6.26. The highest BCUT2D eigenvalue weighted by atomic mass is 16.3. The van der Waals surface area contributed by atoms with Crippen LogP contribution in [0.1, 0.15) is 39.5 Å². The van der Waals surface area contributed by atoms with Gasteiger partial charge >= 0.3 is 0 Å². The number of rotatable bonds is 6. The highest BCUT2D eigenvalue weighted by Gasteiger charge is 2.29. The lowest BCUT2D eigenvalue weighted by molar-refractivity contribution is -0.135. The fourth-order valence-electron chi connectivity index (χ4n) is 3.36. The van der Waals surface area contributed by atoms with E-state index >= 15 is 0 Å². The molecule has 2 atom stereocenters. The first-order chi connectivity index (χ1) is 10.6. The number of piperidine rings is 1. The Labute approximate surface area is 133 Å². The number of carbonyl (C=O) groups is 1. The first-order valence-electron chi connectivity index (χ1n) is 8.35. The number of likely N-dealkylation sites (tertiary alicyclic amines) is 1. The molecule has 4 nitrogen and oxygen atoms in total. The van der Waals surface area contributed by atoms with Crippen LogP contribution < -0.4 is 4.90 Å². The van der Waals surface area contributed by atoms with Crippen molar-refractivity contribution < 1.29 is 9.90 Å². The Bertz CT molecular complexity index is 453. The second-order valence-corrected chi connectivity index (χ2v) is 6.26. The summed E-state index contributed by atoms with van der Waals surface area (Å²) in [6.07, 6.45) is 4.07. The van der Waals surface area contributed by atoms with E-state index in [4.69, 9.17) is 5.11 Å². The minimum Gasteiger partial charge on any atom is -0.396 e. The molecule has 1 N–H and O–H groups in total. The van der Waals surface area contributed by atoms with Gasteiger partial charge in [0.15, 0.2) is 0 Å². The highest BCUT2D eigenvalue weighted by molar-refractivity contribution is 5.82. The lowest BCUT2D eigenvalue weighted by atomic mass is 9.97. The Morgan fingerprint density at radius 3 is 2.45 bits per heavy atom. The van der Waals surface area contributed by atoms with Gasteiger partial charge in [-0.15, -0.1) is 0 Å². The predicted molar refractivity (Wildman–Crippen MR) is 90.0 cm³/mol. The maximum absolute atomic E-state index is 12.8. The normalized spacial score (nSPS) is 21.7. The van der Waals surface area contributed by atoms with Crippen LogP contribution in [0.5, 0.6) is 0 Å². The third-order valence-corrected chi connectivity index (χ3v) is 4.52. The van der Waals surface area contributed by atoms with Gasteiger partial charge in [0.25, 0.3) is 0 Å². The van der Waals surface area contributed by atoms with E-state index in [9.17, 15) is 4.79 Å². The van der Waals surface area contributed by atoms with E-state index in [-0.39, 0.29) is 12.5 Å². The number of para-hydroxylation sites is 1. The largest absolute Gasteiger partial charge is 0.396 e. The van der Waals surface area contributed by atoms with Crippen molar-refractivity contribution >= 4 is 11.6 Å². The number of benzene rings is 1. The summed E-state index contributed by atoms with van der Waals surface area (Å²) < 4.78 is 0. The van der Waals surface area contributed by atoms with Crippen LogP contribution in [0, 0.1) is 0 Å². The zero-order valence-corrected chi connectivity index (χ0v) is 13.7. The third kappa shape index (κ3) is 4.23. The van der Waals surface area contributed by atoms with Crippen molar-refractivity contribution in [1.29, 1.82) is 0 Å². The molecule has 1 aromatic rings. The number of amides is 1. The number of carbonyl (C=O) groups excluding carboxylic acids is 1. The Kier molecular flexibility index (Phi) is 6.25. The Balaban J connectivity index is 2.07. The molecule has 1 heterocycles. The molecule has 0 saturated carbocycles. The molecule has 2 rings (SSSR count). The molecule has 0 radical (unpaired) electrons. The minimum absolute atomic E-state index is 0.147. The molecule has 0 bridgehead atoms. The van der Waals surface area contributed by atoms with E-state index in [0.717, 1.165) is 18.5 Å². The molecule has 0 aromatic heterocycles. The van der Waals surface area contributed by atoms with Crippen LogP contribution in [0.15, 0.2) is 30.3 Å². The van der Waals surface area contributed by atoms with Crippen molar-refractivity contribution in [2.75, 3.05) is 24.6 Å². The van der Waals surface area contributed by atoms with Crippen LogP contribution in [-0.4, -0.2) is 47.7 Å². The van der Waals surface area contributed by atoms with Crippen LogP contribution >= 0.6 is 0 Å². The molecule has 1 aromatic carbocycles. The van der Waals surface area contributed by atoms with Gasteiger partial charge in [0.2, 0.25) is 5.91 Å². The SMILES string of the molecule is CC1CCCC(C)N1C(=O)CN(CCCO)c1ccccc1. The van der Waals surface area contributed by atoms with Gasteiger partial charge in [-0.1, -0.05) is 18.2 Å². The van der Waals surface area contributed by atoms with Gasteiger partial charge in [0.1, 0.15) is 0 Å². The number of aliphatic hydroxyl groups is 1. The van der Waals surface area contributed by atoms with Crippen molar-refractivity contribution in [3.8, 4) is 0 Å². The summed E-state index contributed by atoms with van der Waals surface area (Å²) in [4.78, 5) is 16.9. The molecule has 2 unspecified atom stereocenters. The van der Waals surface area contributed by atoms with E-state index in [1.165, 1.54) is 6.42 Å². The molecular formula is C18H28N2O2. The zero-order valence-electron chi connectivity index (χ0n) is 13.7. The first-order valence-corrected chi connectivity index (χ1v) is 8.35. The Morgan fingerprint density at radius 2 is 1.86 bits per heavy atom. The van der Waals surface area contributed by atoms with Crippen molar-refractivity contribution in [2.45, 2.75) is 51.6 Å². The fraction of sp³-hybridized carbons (Fsp3) is 0.611. The van der Waals surface area contributed by atoms with Crippen molar-refractivity contribution in [3.63, 3.8) is 0 Å². The average molecular weight is 304 g/mol. The maximum Gasteiger partial charge on any atom is 0.242 e. The quantitative estimate of drug-likeness (QED) is 0.879. The highest BCUT2D eigenvalue weighted by Crippen LogP contribution is 2.23. The van der Waals surface area contributed by atoms with E-state index in [1.54, 1.807) is 0 Å². The monoisotopic (exact) mass is 304 g/mol. The lowest BCUT2D eigenvalue weighted by Gasteiger charge is -2.40. The summed E-state index contributed by atoms with van der Waals surface area (Å²) in [5.74, 6) is 0.196. The number of hydrogen-bond donors (Lipinski definition) is 1. The number of nitrogens with zero attached hydrogens (tertiary/aromatic N) is 2. The molecule has 1 fully saturated rings. The Morgan fingerprint density at radius 1 is 1.23 bits per heavy atom. The molecule has 1 saturated heterocycles. The lowest BCUT2D eigenvalue weighted by Crippen LogP contribution is -2.51. The molecule has 22 heavy (non-hydrogen) atoms. The van der Waals surface area contributed by atoms with E-state index < -0.39 is 0 Å². The van der Waals surface area contributed by atoms with Crippen LogP contribution in [-0.2, 0) is 4.79 Å². The topological polar surface area (TPSA) is 43.8 Å². The van der Waals surface area contributed by atoms with Crippen LogP contribution in [0.3, 0.4) is 0 Å². The van der Waals surface area contributed by atoms with E-state index in [1.807, 2.05) is 30.3 Å². The summed E-state index contributed by atoms with van der Waals surface area (Å²) in [5, 5.41) is 9.11. The summed E-state index contributed by atoms with van der Waals surface area (Å²) in [6.45, 7) is 5.53. The predicted octanol–water partition coefficient (Wildman–Crippen LogP) is 2.66. The van der Waals surface area contributed by atoms with Gasteiger partial charge in [-0.25, -0.2) is 0 Å². The van der Waals surface area contributed by atoms with E-state index in [2.05, 4.69) is 23.6 Å². The van der Waals surface area contributed by atoms with E-state index in [0.29, 0.717) is 31.6 Å². The van der Waals surface area contributed by atoms with Crippen molar-refractivity contribution in [1.82, 2.24) is 4.90 Å². The fourth-order valence-corrected chi connectivity index (χ4v) is 3.36. The summed E-state index contributed by atoms with van der Waals surface area (Å²) >= 11 is 0. The van der Waals surface area contributed by atoms with Crippen LogP contribution in [0.2, 0.25) is 0 Å². The summed E-state index contributed by atoms with van der Waals surface area (Å²) in [7, 11) is 0. The van der Waals surface area contributed by atoms with Gasteiger partial charge in [0.05, 0.1) is 6.54 Å². The third-order valence-electron chi connectivity index (χ3n) is 4.52. The van der Waals surface area contributed by atoms with Gasteiger partial charge < -0.3 is 14.9 Å². The molecule has 0 aliphatic carbocycles. The zero-order chi connectivity index (χ0) is 15.9. The molecule has 0 spiro atoms. The molecule has 122 valence electrons. The van der Waals surface area contributed by atoms with Crippen molar-refractivity contribution in [2.24, 2.45) is 0 Å². The van der Waals surface area contributed by atoms with Crippen LogP contribution in [0.4, 0.5) is 5.69 Å². The second kappa shape index (κ2) is 8.18. The Hall–Kier alpha value is -1.55. The van der Waals surface area contributed by atoms with Gasteiger partial charge in [-0.2, -0.15) is 0 Å². The van der Waals surface area contributed by atoms with Crippen molar-refractivity contribution in [3.05, 3.63) is 30.3 Å². The maximum atomic E-state index is 12.8. The average Bonchev–Trinajstić information content (AvgIpc) is 2.52. The number of aliphatic hydroxyl groups excluding tert-OH is 1. The molecule has 1 aliphatic heterocycles.